The van der Waals surface area contributed by atoms with Crippen LogP contribution in [0.3, 0.4) is 0 Å². The van der Waals surface area contributed by atoms with Crippen molar-refractivity contribution in [1.82, 2.24) is 5.32 Å². The van der Waals surface area contributed by atoms with Crippen LogP contribution in [0.5, 0.6) is 11.5 Å². The molecule has 0 aliphatic rings. The quantitative estimate of drug-likeness (QED) is 0.804. The van der Waals surface area contributed by atoms with Crippen LogP contribution in [0.2, 0.25) is 5.02 Å². The van der Waals surface area contributed by atoms with Gasteiger partial charge in [0.1, 0.15) is 11.5 Å². The molecule has 2 aromatic carbocycles. The predicted molar refractivity (Wildman–Crippen MR) is 91.3 cm³/mol. The standard InChI is InChI=1S/C18H20ClNO3/c1-22-16-6-2-14(3-7-16)10-12-20-18(21)11-13-23-17-8-4-15(19)5-9-17/h2-9H,10-13H2,1H3,(H,20,21). The Labute approximate surface area is 141 Å². The maximum atomic E-state index is 11.7. The summed E-state index contributed by atoms with van der Waals surface area (Å²) in [5, 5.41) is 3.54. The molecule has 0 atom stereocenters. The largest absolute Gasteiger partial charge is 0.497 e. The van der Waals surface area contributed by atoms with Crippen LogP contribution in [-0.2, 0) is 11.2 Å². The Balaban J connectivity index is 1.62. The molecule has 0 aliphatic carbocycles. The Morgan fingerprint density at radius 2 is 1.70 bits per heavy atom. The van der Waals surface area contributed by atoms with Gasteiger partial charge >= 0.3 is 0 Å². The van der Waals surface area contributed by atoms with Gasteiger partial charge in [-0.3, -0.25) is 4.79 Å². The molecule has 4 nitrogen and oxygen atoms in total. The monoisotopic (exact) mass is 333 g/mol. The molecular weight excluding hydrogens is 314 g/mol. The molecule has 0 aromatic heterocycles. The first-order valence-electron chi connectivity index (χ1n) is 7.45. The summed E-state index contributed by atoms with van der Waals surface area (Å²) >= 11 is 5.79. The summed E-state index contributed by atoms with van der Waals surface area (Å²) in [6.45, 7) is 0.947. The number of methoxy groups -OCH3 is 1. The zero-order valence-corrected chi connectivity index (χ0v) is 13.8. The second kappa shape index (κ2) is 9.06. The highest BCUT2D eigenvalue weighted by Crippen LogP contribution is 2.15. The van der Waals surface area contributed by atoms with E-state index in [4.69, 9.17) is 21.1 Å². The van der Waals surface area contributed by atoms with E-state index in [0.29, 0.717) is 30.3 Å². The summed E-state index contributed by atoms with van der Waals surface area (Å²) in [6.07, 6.45) is 1.11. The van der Waals surface area contributed by atoms with E-state index in [1.54, 1.807) is 31.4 Å². The highest BCUT2D eigenvalue weighted by atomic mass is 35.5. The first-order chi connectivity index (χ1) is 11.2. The van der Waals surface area contributed by atoms with Gasteiger partial charge in [0, 0.05) is 11.6 Å². The number of carbonyl (C=O) groups is 1. The average molecular weight is 334 g/mol. The van der Waals surface area contributed by atoms with E-state index in [1.165, 1.54) is 0 Å². The maximum Gasteiger partial charge on any atom is 0.223 e. The minimum Gasteiger partial charge on any atom is -0.497 e. The second-order valence-corrected chi connectivity index (χ2v) is 5.44. The topological polar surface area (TPSA) is 47.6 Å². The van der Waals surface area contributed by atoms with Crippen molar-refractivity contribution >= 4 is 17.5 Å². The summed E-state index contributed by atoms with van der Waals surface area (Å²) in [4.78, 5) is 11.7. The minimum atomic E-state index is -0.0209. The number of amides is 1. The second-order valence-electron chi connectivity index (χ2n) is 5.00. The van der Waals surface area contributed by atoms with Crippen molar-refractivity contribution in [3.8, 4) is 11.5 Å². The van der Waals surface area contributed by atoms with Gasteiger partial charge in [-0.25, -0.2) is 0 Å². The van der Waals surface area contributed by atoms with Crippen molar-refractivity contribution in [2.45, 2.75) is 12.8 Å². The van der Waals surface area contributed by atoms with E-state index in [-0.39, 0.29) is 5.91 Å². The molecule has 1 amide bonds. The van der Waals surface area contributed by atoms with E-state index in [9.17, 15) is 4.79 Å². The molecule has 0 spiro atoms. The SMILES string of the molecule is COc1ccc(CCNC(=O)CCOc2ccc(Cl)cc2)cc1. The van der Waals surface area contributed by atoms with Gasteiger partial charge in [-0.1, -0.05) is 23.7 Å². The molecule has 122 valence electrons. The highest BCUT2D eigenvalue weighted by Gasteiger charge is 2.02. The molecule has 0 saturated carbocycles. The predicted octanol–water partition coefficient (Wildman–Crippen LogP) is 3.48. The lowest BCUT2D eigenvalue weighted by molar-refractivity contribution is -0.121. The summed E-state index contributed by atoms with van der Waals surface area (Å²) in [5.41, 5.74) is 1.16. The van der Waals surface area contributed by atoms with Gasteiger partial charge in [0.25, 0.3) is 0 Å². The van der Waals surface area contributed by atoms with Crippen LogP contribution in [0, 0.1) is 0 Å². The Kier molecular flexibility index (Phi) is 6.76. The molecule has 23 heavy (non-hydrogen) atoms. The van der Waals surface area contributed by atoms with E-state index in [2.05, 4.69) is 5.32 Å². The number of benzene rings is 2. The maximum absolute atomic E-state index is 11.7. The molecule has 0 radical (unpaired) electrons. The molecule has 0 unspecified atom stereocenters. The first-order valence-corrected chi connectivity index (χ1v) is 7.83. The molecule has 0 saturated heterocycles. The van der Waals surface area contributed by atoms with E-state index >= 15 is 0 Å². The van der Waals surface area contributed by atoms with Crippen molar-refractivity contribution in [1.29, 1.82) is 0 Å². The molecule has 0 aliphatic heterocycles. The number of halogens is 1. The minimum absolute atomic E-state index is 0.0209. The van der Waals surface area contributed by atoms with Gasteiger partial charge in [0.05, 0.1) is 20.1 Å². The normalized spacial score (nSPS) is 10.2. The lowest BCUT2D eigenvalue weighted by atomic mass is 10.1. The van der Waals surface area contributed by atoms with Crippen molar-refractivity contribution < 1.29 is 14.3 Å². The number of ether oxygens (including phenoxy) is 2. The van der Waals surface area contributed by atoms with Gasteiger partial charge in [-0.2, -0.15) is 0 Å². The summed E-state index contributed by atoms with van der Waals surface area (Å²) in [5.74, 6) is 1.52. The number of hydrogen-bond donors (Lipinski definition) is 1. The van der Waals surface area contributed by atoms with Crippen LogP contribution in [0.1, 0.15) is 12.0 Å². The fourth-order valence-electron chi connectivity index (χ4n) is 2.02. The zero-order chi connectivity index (χ0) is 16.5. The lowest BCUT2D eigenvalue weighted by Gasteiger charge is -2.08. The third-order valence-electron chi connectivity index (χ3n) is 3.31. The summed E-state index contributed by atoms with van der Waals surface area (Å²) in [6, 6.07) is 14.9. The number of carbonyl (C=O) groups excluding carboxylic acids is 1. The zero-order valence-electron chi connectivity index (χ0n) is 13.0. The van der Waals surface area contributed by atoms with Crippen LogP contribution in [0.15, 0.2) is 48.5 Å². The molecule has 0 heterocycles. The smallest absolute Gasteiger partial charge is 0.223 e. The van der Waals surface area contributed by atoms with Crippen molar-refractivity contribution in [3.63, 3.8) is 0 Å². The van der Waals surface area contributed by atoms with Gasteiger partial charge in [0.2, 0.25) is 5.91 Å². The van der Waals surface area contributed by atoms with Crippen molar-refractivity contribution in [3.05, 3.63) is 59.1 Å². The third kappa shape index (κ3) is 6.20. The van der Waals surface area contributed by atoms with Gasteiger partial charge in [-0.05, 0) is 48.4 Å². The number of hydrogen-bond acceptors (Lipinski definition) is 3. The summed E-state index contributed by atoms with van der Waals surface area (Å²) in [7, 11) is 1.64. The summed E-state index contributed by atoms with van der Waals surface area (Å²) < 4.78 is 10.6. The molecule has 1 N–H and O–H groups in total. The van der Waals surface area contributed by atoms with E-state index in [0.717, 1.165) is 17.7 Å². The molecule has 2 rings (SSSR count). The Hall–Kier alpha value is -2.20. The van der Waals surface area contributed by atoms with Gasteiger partial charge in [0.15, 0.2) is 0 Å². The van der Waals surface area contributed by atoms with Crippen LogP contribution >= 0.6 is 11.6 Å². The van der Waals surface area contributed by atoms with E-state index in [1.807, 2.05) is 24.3 Å². The Morgan fingerprint density at radius 1 is 1.04 bits per heavy atom. The number of rotatable bonds is 8. The van der Waals surface area contributed by atoms with Gasteiger partial charge < -0.3 is 14.8 Å². The van der Waals surface area contributed by atoms with Crippen LogP contribution in [-0.4, -0.2) is 26.2 Å². The average Bonchev–Trinajstić information content (AvgIpc) is 2.57. The molecule has 0 bridgehead atoms. The first kappa shape index (κ1) is 17.2. The fraction of sp³-hybridized carbons (Fsp3) is 0.278. The van der Waals surface area contributed by atoms with Crippen LogP contribution in [0.4, 0.5) is 0 Å². The van der Waals surface area contributed by atoms with Gasteiger partial charge in [-0.15, -0.1) is 0 Å². The molecular formula is C18H20ClNO3. The van der Waals surface area contributed by atoms with Crippen molar-refractivity contribution in [2.24, 2.45) is 0 Å². The molecule has 0 fully saturated rings. The van der Waals surface area contributed by atoms with Crippen molar-refractivity contribution in [2.75, 3.05) is 20.3 Å². The van der Waals surface area contributed by atoms with E-state index < -0.39 is 0 Å². The fourth-order valence-corrected chi connectivity index (χ4v) is 2.15. The third-order valence-corrected chi connectivity index (χ3v) is 3.56. The van der Waals surface area contributed by atoms with Crippen LogP contribution < -0.4 is 14.8 Å². The lowest BCUT2D eigenvalue weighted by Crippen LogP contribution is -2.27. The number of nitrogens with one attached hydrogen (secondary N) is 1. The highest BCUT2D eigenvalue weighted by molar-refractivity contribution is 6.30. The molecule has 5 heteroatoms. The Bertz CT molecular complexity index is 611. The molecule has 2 aromatic rings. The van der Waals surface area contributed by atoms with Crippen LogP contribution in [0.25, 0.3) is 0 Å². The Morgan fingerprint density at radius 3 is 2.35 bits per heavy atom.